The molecule has 0 aromatic rings. The molecule has 30 valence electrons. The summed E-state index contributed by atoms with van der Waals surface area (Å²) in [6.07, 6.45) is 0. The Balaban J connectivity index is 2.40. The predicted molar refractivity (Wildman–Crippen MR) is 25.0 cm³/mol. The van der Waals surface area contributed by atoms with Gasteiger partial charge in [0.2, 0.25) is 0 Å². The minimum Gasteiger partial charge on any atom is -0.464 e. The first-order valence-electron chi connectivity index (χ1n) is 1.49. The summed E-state index contributed by atoms with van der Waals surface area (Å²) >= 11 is 0. The molecule has 3 heteroatoms. The number of nitrogens with zero attached hydrogens (tertiary/aromatic N) is 1. The van der Waals surface area contributed by atoms with Crippen molar-refractivity contribution in [2.45, 2.75) is 6.55 Å². The van der Waals surface area contributed by atoms with E-state index >= 15 is 0 Å². The van der Waals surface area contributed by atoms with Gasteiger partial charge in [-0.05, 0) is 6.55 Å². The van der Waals surface area contributed by atoms with Crippen molar-refractivity contribution in [3.05, 3.63) is 0 Å². The Morgan fingerprint density at radius 3 is 2.60 bits per heavy atom. The Labute approximate surface area is 33.8 Å². The third kappa shape index (κ3) is 3.69. The minimum absolute atomic E-state index is 0.315. The van der Waals surface area contributed by atoms with Gasteiger partial charge in [0.25, 0.3) is 9.76 Å². The smallest absolute Gasteiger partial charge is 0.254 e. The second-order valence-electron chi connectivity index (χ2n) is 0.547. The molecule has 0 aromatic heterocycles. The summed E-state index contributed by atoms with van der Waals surface area (Å²) in [4.78, 5) is 0. The highest BCUT2D eigenvalue weighted by atomic mass is 28.2. The number of hydrogen-bond donors (Lipinski definition) is 0. The van der Waals surface area contributed by atoms with Crippen molar-refractivity contribution in [3.8, 4) is 0 Å². The van der Waals surface area contributed by atoms with Crippen molar-refractivity contribution < 1.29 is 4.53 Å². The maximum atomic E-state index is 4.49. The van der Waals surface area contributed by atoms with Crippen LogP contribution in [0.5, 0.6) is 0 Å². The van der Waals surface area contributed by atoms with Crippen LogP contribution in [0.15, 0.2) is 5.16 Å². The van der Waals surface area contributed by atoms with Gasteiger partial charge >= 0.3 is 0 Å². The van der Waals surface area contributed by atoms with Gasteiger partial charge in [0.15, 0.2) is 0 Å². The lowest BCUT2D eigenvalue weighted by Gasteiger charge is -1.82. The van der Waals surface area contributed by atoms with Gasteiger partial charge in [-0.1, -0.05) is 0 Å². The Morgan fingerprint density at radius 1 is 2.00 bits per heavy atom. The van der Waals surface area contributed by atoms with Crippen LogP contribution < -0.4 is 0 Å². The standard InChI is InChI=1S/C2H7NOSi/c1-3-4-5-2/h1,5H2,2H3. The molecule has 0 atom stereocenters. The first-order chi connectivity index (χ1) is 2.41. The van der Waals surface area contributed by atoms with Crippen LogP contribution in [0.1, 0.15) is 0 Å². The molecule has 0 saturated heterocycles. The van der Waals surface area contributed by atoms with Gasteiger partial charge in [-0.2, -0.15) is 0 Å². The van der Waals surface area contributed by atoms with Crippen LogP contribution in [0, 0.1) is 0 Å². The van der Waals surface area contributed by atoms with E-state index in [4.69, 9.17) is 0 Å². The molecule has 0 aromatic carbocycles. The highest BCUT2D eigenvalue weighted by molar-refractivity contribution is 6.24. The number of oxime groups is 1. The molecule has 0 aliphatic rings. The molecule has 0 aliphatic carbocycles. The molecule has 0 N–H and O–H groups in total. The molecule has 0 bridgehead atoms. The fourth-order valence-electron chi connectivity index (χ4n) is 0.0913. The van der Waals surface area contributed by atoms with E-state index in [1.807, 2.05) is 6.55 Å². The third-order valence-electron chi connectivity index (χ3n) is 0.220. The Hall–Kier alpha value is -0.313. The van der Waals surface area contributed by atoms with Crippen LogP contribution in [0.2, 0.25) is 6.55 Å². The number of hydrogen-bond acceptors (Lipinski definition) is 2. The van der Waals surface area contributed by atoms with Gasteiger partial charge < -0.3 is 4.53 Å². The maximum absolute atomic E-state index is 4.49. The van der Waals surface area contributed by atoms with Crippen LogP contribution in [0.3, 0.4) is 0 Å². The van der Waals surface area contributed by atoms with E-state index in [2.05, 4.69) is 16.4 Å². The normalized spacial score (nSPS) is 9.00. The van der Waals surface area contributed by atoms with Gasteiger partial charge in [-0.3, -0.25) is 0 Å². The SMILES string of the molecule is C=NO[SiH2]C. The molecule has 2 nitrogen and oxygen atoms in total. The summed E-state index contributed by atoms with van der Waals surface area (Å²) < 4.78 is 4.49. The van der Waals surface area contributed by atoms with Crippen LogP contribution in [-0.2, 0) is 4.53 Å². The molecule has 0 unspecified atom stereocenters. The molecule has 0 amide bonds. The van der Waals surface area contributed by atoms with E-state index in [0.29, 0.717) is 0 Å². The van der Waals surface area contributed by atoms with Crippen LogP contribution in [0.4, 0.5) is 0 Å². The lowest BCUT2D eigenvalue weighted by molar-refractivity contribution is 0.371. The second-order valence-corrected chi connectivity index (χ2v) is 1.38. The Kier molecular flexibility index (Phi) is 3.46. The van der Waals surface area contributed by atoms with Gasteiger partial charge in [-0.15, -0.1) is 5.16 Å². The monoisotopic (exact) mass is 89.0 g/mol. The van der Waals surface area contributed by atoms with Gasteiger partial charge in [0, 0.05) is 6.72 Å². The van der Waals surface area contributed by atoms with E-state index < -0.39 is 0 Å². The summed E-state index contributed by atoms with van der Waals surface area (Å²) in [5, 5.41) is 3.17. The topological polar surface area (TPSA) is 21.6 Å². The van der Waals surface area contributed by atoms with E-state index in [-0.39, 0.29) is 9.76 Å². The summed E-state index contributed by atoms with van der Waals surface area (Å²) in [7, 11) is -0.315. The maximum Gasteiger partial charge on any atom is 0.254 e. The van der Waals surface area contributed by atoms with Gasteiger partial charge in [0.1, 0.15) is 0 Å². The van der Waals surface area contributed by atoms with E-state index in [1.165, 1.54) is 0 Å². The van der Waals surface area contributed by atoms with Gasteiger partial charge in [-0.25, -0.2) is 0 Å². The zero-order valence-electron chi connectivity index (χ0n) is 3.27. The van der Waals surface area contributed by atoms with Gasteiger partial charge in [0.05, 0.1) is 0 Å². The highest BCUT2D eigenvalue weighted by Gasteiger charge is 1.60. The first-order valence-corrected chi connectivity index (χ1v) is 3.49. The van der Waals surface area contributed by atoms with Crippen molar-refractivity contribution in [3.63, 3.8) is 0 Å². The van der Waals surface area contributed by atoms with Crippen LogP contribution in [0.25, 0.3) is 0 Å². The molecule has 5 heavy (non-hydrogen) atoms. The molecule has 0 rings (SSSR count). The van der Waals surface area contributed by atoms with Crippen LogP contribution in [-0.4, -0.2) is 16.5 Å². The minimum atomic E-state index is -0.315. The quantitative estimate of drug-likeness (QED) is 0.260. The summed E-state index contributed by atoms with van der Waals surface area (Å²) in [6.45, 7) is 5.11. The van der Waals surface area contributed by atoms with Crippen molar-refractivity contribution >= 4 is 16.5 Å². The largest absolute Gasteiger partial charge is 0.464 e. The molecular weight excluding hydrogens is 82.1 g/mol. The lowest BCUT2D eigenvalue weighted by atomic mass is 11.8. The van der Waals surface area contributed by atoms with Crippen molar-refractivity contribution in [2.24, 2.45) is 5.16 Å². The van der Waals surface area contributed by atoms with E-state index in [0.717, 1.165) is 0 Å². The Bertz CT molecular complexity index is 30.8. The predicted octanol–water partition coefficient (Wildman–Crippen LogP) is -0.250. The summed E-state index contributed by atoms with van der Waals surface area (Å²) in [6, 6.07) is 0. The Morgan fingerprint density at radius 2 is 2.60 bits per heavy atom. The average molecular weight is 89.2 g/mol. The molecule has 0 saturated carbocycles. The third-order valence-corrected chi connectivity index (χ3v) is 0.661. The van der Waals surface area contributed by atoms with Crippen molar-refractivity contribution in [1.82, 2.24) is 0 Å². The summed E-state index contributed by atoms with van der Waals surface area (Å²) in [5.41, 5.74) is 0. The lowest BCUT2D eigenvalue weighted by Crippen LogP contribution is -1.78. The first kappa shape index (κ1) is 4.69. The summed E-state index contributed by atoms with van der Waals surface area (Å²) in [5.74, 6) is 0. The molecule has 0 fully saturated rings. The zero-order chi connectivity index (χ0) is 4.12. The molecule has 0 heterocycles. The second kappa shape index (κ2) is 3.69. The van der Waals surface area contributed by atoms with Crippen molar-refractivity contribution in [2.75, 3.05) is 0 Å². The van der Waals surface area contributed by atoms with E-state index in [9.17, 15) is 0 Å². The average Bonchev–Trinajstić information content (AvgIpc) is 1.41. The van der Waals surface area contributed by atoms with Crippen molar-refractivity contribution in [1.29, 1.82) is 0 Å². The molecule has 0 radical (unpaired) electrons. The fourth-order valence-corrected chi connectivity index (χ4v) is 0.274. The van der Waals surface area contributed by atoms with E-state index in [1.54, 1.807) is 0 Å². The van der Waals surface area contributed by atoms with Crippen LogP contribution >= 0.6 is 0 Å². The molecule has 0 spiro atoms. The number of rotatable bonds is 2. The highest BCUT2D eigenvalue weighted by Crippen LogP contribution is 1.60. The molecular formula is C2H7NOSi. The molecule has 0 aliphatic heterocycles. The fraction of sp³-hybridized carbons (Fsp3) is 0.500. The zero-order valence-corrected chi connectivity index (χ0v) is 4.68.